The molecule has 1 aromatic carbocycles. The third kappa shape index (κ3) is 4.73. The molecule has 1 aliphatic heterocycles. The number of methoxy groups -OCH3 is 1. The quantitative estimate of drug-likeness (QED) is 0.684. The summed E-state index contributed by atoms with van der Waals surface area (Å²) in [5.74, 6) is -0.493. The number of aliphatic hydroxyl groups excluding tert-OH is 1. The van der Waals surface area contributed by atoms with Crippen molar-refractivity contribution in [1.82, 2.24) is 4.90 Å². The van der Waals surface area contributed by atoms with E-state index in [9.17, 15) is 14.7 Å². The van der Waals surface area contributed by atoms with Gasteiger partial charge in [0, 0.05) is 25.7 Å². The molecule has 6 heteroatoms. The summed E-state index contributed by atoms with van der Waals surface area (Å²) in [4.78, 5) is 27.3. The van der Waals surface area contributed by atoms with Crippen molar-refractivity contribution < 1.29 is 24.2 Å². The van der Waals surface area contributed by atoms with E-state index in [1.54, 1.807) is 32.8 Å². The van der Waals surface area contributed by atoms with Gasteiger partial charge in [0.1, 0.15) is 5.75 Å². The van der Waals surface area contributed by atoms with Crippen molar-refractivity contribution in [2.45, 2.75) is 53.2 Å². The summed E-state index contributed by atoms with van der Waals surface area (Å²) in [5, 5.41) is 10.5. The van der Waals surface area contributed by atoms with Crippen LogP contribution in [0.1, 0.15) is 52.6 Å². The van der Waals surface area contributed by atoms with Crippen LogP contribution in [0.25, 0.3) is 0 Å². The highest BCUT2D eigenvalue weighted by Crippen LogP contribution is 2.41. The number of hydrogen-bond donors (Lipinski definition) is 1. The molecule has 28 heavy (non-hydrogen) atoms. The van der Waals surface area contributed by atoms with Crippen molar-refractivity contribution in [3.63, 3.8) is 0 Å². The lowest BCUT2D eigenvalue weighted by molar-refractivity contribution is -0.129. The Morgan fingerprint density at radius 3 is 2.32 bits per heavy atom. The Hall–Kier alpha value is -2.34. The van der Waals surface area contributed by atoms with E-state index in [4.69, 9.17) is 9.47 Å². The molecule has 0 aromatic heterocycles. The highest BCUT2D eigenvalue weighted by Gasteiger charge is 2.45. The fourth-order valence-corrected chi connectivity index (χ4v) is 3.25. The number of benzene rings is 1. The molecule has 0 aliphatic carbocycles. The zero-order valence-electron chi connectivity index (χ0n) is 17.6. The van der Waals surface area contributed by atoms with Gasteiger partial charge >= 0.3 is 0 Å². The molecule has 0 radical (unpaired) electrons. The minimum absolute atomic E-state index is 0.0476. The predicted octanol–water partition coefficient (Wildman–Crippen LogP) is 3.82. The summed E-state index contributed by atoms with van der Waals surface area (Å²) < 4.78 is 10.8. The van der Waals surface area contributed by atoms with Crippen molar-refractivity contribution in [3.8, 4) is 5.75 Å². The molecule has 0 bridgehead atoms. The van der Waals surface area contributed by atoms with Crippen LogP contribution in [-0.2, 0) is 14.3 Å². The van der Waals surface area contributed by atoms with Gasteiger partial charge in [-0.1, -0.05) is 32.9 Å². The summed E-state index contributed by atoms with van der Waals surface area (Å²) in [5.41, 5.74) is 0.205. The van der Waals surface area contributed by atoms with E-state index in [-0.39, 0.29) is 17.5 Å². The van der Waals surface area contributed by atoms with Gasteiger partial charge in [0.05, 0.1) is 17.7 Å². The van der Waals surface area contributed by atoms with Crippen LogP contribution in [-0.4, -0.2) is 48.1 Å². The molecule has 0 saturated heterocycles. The number of aliphatic hydroxyl groups is 1. The average Bonchev–Trinajstić information content (AvgIpc) is 2.85. The number of nitrogens with zero attached hydrogens (tertiary/aromatic N) is 1. The van der Waals surface area contributed by atoms with Gasteiger partial charge < -0.3 is 19.5 Å². The van der Waals surface area contributed by atoms with Crippen LogP contribution >= 0.6 is 0 Å². The molecule has 1 atom stereocenters. The Bertz CT molecular complexity index is 743. The molecule has 1 aliphatic rings. The topological polar surface area (TPSA) is 76.1 Å². The third-order valence-corrected chi connectivity index (χ3v) is 4.54. The Kier molecular flexibility index (Phi) is 6.88. The van der Waals surface area contributed by atoms with Crippen LogP contribution in [0.5, 0.6) is 5.75 Å². The number of Topliss-reactive ketones (excluding diaryl/α,β-unsaturated/α-hetero) is 1. The molecule has 1 aromatic rings. The molecule has 1 N–H and O–H groups in total. The van der Waals surface area contributed by atoms with Crippen molar-refractivity contribution in [2.75, 3.05) is 20.3 Å². The van der Waals surface area contributed by atoms with E-state index < -0.39 is 23.1 Å². The smallest absolute Gasteiger partial charge is 0.290 e. The molecule has 2 rings (SSSR count). The maximum absolute atomic E-state index is 13.0. The van der Waals surface area contributed by atoms with Gasteiger partial charge in [-0.05, 0) is 38.0 Å². The van der Waals surface area contributed by atoms with Gasteiger partial charge in [0.15, 0.2) is 11.5 Å². The van der Waals surface area contributed by atoms with Crippen molar-refractivity contribution in [2.24, 2.45) is 5.41 Å². The summed E-state index contributed by atoms with van der Waals surface area (Å²) >= 11 is 0. The number of carbonyl (C=O) groups excluding carboxylic acids is 2. The SMILES string of the molecule is COCCCN1C(=O)C(O)=C(C(=O)C(C)(C)C)C1c1ccc(OC(C)C)cc1. The molecule has 0 spiro atoms. The zero-order valence-corrected chi connectivity index (χ0v) is 17.6. The van der Waals surface area contributed by atoms with Crippen LogP contribution in [0.4, 0.5) is 0 Å². The van der Waals surface area contributed by atoms with Crippen molar-refractivity contribution >= 4 is 11.7 Å². The number of ketones is 1. The van der Waals surface area contributed by atoms with E-state index in [1.807, 2.05) is 38.1 Å². The molecule has 0 fully saturated rings. The Morgan fingerprint density at radius 2 is 1.82 bits per heavy atom. The molecule has 0 saturated carbocycles. The largest absolute Gasteiger partial charge is 0.503 e. The maximum atomic E-state index is 13.0. The van der Waals surface area contributed by atoms with Gasteiger partial charge in [0.25, 0.3) is 5.91 Å². The van der Waals surface area contributed by atoms with E-state index in [2.05, 4.69) is 0 Å². The molecule has 1 amide bonds. The third-order valence-electron chi connectivity index (χ3n) is 4.54. The molecule has 154 valence electrons. The Morgan fingerprint density at radius 1 is 1.21 bits per heavy atom. The number of hydrogen-bond acceptors (Lipinski definition) is 5. The van der Waals surface area contributed by atoms with Crippen LogP contribution < -0.4 is 4.74 Å². The number of carbonyl (C=O) groups is 2. The summed E-state index contributed by atoms with van der Waals surface area (Å²) in [6, 6.07) is 6.70. The molecular formula is C22H31NO5. The first-order valence-electron chi connectivity index (χ1n) is 9.62. The maximum Gasteiger partial charge on any atom is 0.290 e. The lowest BCUT2D eigenvalue weighted by Gasteiger charge is -2.29. The van der Waals surface area contributed by atoms with Gasteiger partial charge in [-0.25, -0.2) is 0 Å². The van der Waals surface area contributed by atoms with Crippen LogP contribution in [0.15, 0.2) is 35.6 Å². The first kappa shape index (κ1) is 22.0. The van der Waals surface area contributed by atoms with Crippen LogP contribution in [0, 0.1) is 5.41 Å². The average molecular weight is 389 g/mol. The van der Waals surface area contributed by atoms with E-state index in [1.165, 1.54) is 0 Å². The lowest BCUT2D eigenvalue weighted by atomic mass is 9.82. The summed E-state index contributed by atoms with van der Waals surface area (Å²) in [6.45, 7) is 10.1. The lowest BCUT2D eigenvalue weighted by Crippen LogP contribution is -2.34. The van der Waals surface area contributed by atoms with E-state index in [0.29, 0.717) is 25.3 Å². The van der Waals surface area contributed by atoms with Gasteiger partial charge in [-0.15, -0.1) is 0 Å². The van der Waals surface area contributed by atoms with Crippen LogP contribution in [0.2, 0.25) is 0 Å². The van der Waals surface area contributed by atoms with Gasteiger partial charge in [0.2, 0.25) is 0 Å². The monoisotopic (exact) mass is 389 g/mol. The normalized spacial score (nSPS) is 17.6. The second-order valence-corrected chi connectivity index (χ2v) is 8.32. The number of amides is 1. The Balaban J connectivity index is 2.44. The predicted molar refractivity (Wildman–Crippen MR) is 107 cm³/mol. The van der Waals surface area contributed by atoms with E-state index in [0.717, 1.165) is 5.56 Å². The first-order chi connectivity index (χ1) is 13.1. The minimum atomic E-state index is -0.717. The zero-order chi connectivity index (χ0) is 21.1. The fourth-order valence-electron chi connectivity index (χ4n) is 3.25. The molecule has 1 heterocycles. The highest BCUT2D eigenvalue weighted by atomic mass is 16.5. The summed E-state index contributed by atoms with van der Waals surface area (Å²) in [7, 11) is 1.60. The molecule has 6 nitrogen and oxygen atoms in total. The second kappa shape index (κ2) is 8.78. The van der Waals surface area contributed by atoms with Crippen molar-refractivity contribution in [1.29, 1.82) is 0 Å². The standard InChI is InChI=1S/C22H31NO5/c1-14(2)28-16-10-8-15(9-11-16)18-17(20(25)22(3,4)5)19(24)21(26)23(18)12-7-13-27-6/h8-11,14,18,24H,7,12-13H2,1-6H3. The van der Waals surface area contributed by atoms with Gasteiger partial charge in [-0.2, -0.15) is 0 Å². The molecule has 1 unspecified atom stereocenters. The highest BCUT2D eigenvalue weighted by molar-refractivity contribution is 6.10. The fraction of sp³-hybridized carbons (Fsp3) is 0.545. The van der Waals surface area contributed by atoms with E-state index >= 15 is 0 Å². The second-order valence-electron chi connectivity index (χ2n) is 8.32. The van der Waals surface area contributed by atoms with Gasteiger partial charge in [-0.3, -0.25) is 9.59 Å². The number of ether oxygens (including phenoxy) is 2. The Labute approximate surface area is 167 Å². The molecular weight excluding hydrogens is 358 g/mol. The number of rotatable bonds is 8. The minimum Gasteiger partial charge on any atom is -0.503 e. The van der Waals surface area contributed by atoms with Crippen molar-refractivity contribution in [3.05, 3.63) is 41.2 Å². The van der Waals surface area contributed by atoms with Crippen LogP contribution in [0.3, 0.4) is 0 Å². The first-order valence-corrected chi connectivity index (χ1v) is 9.62. The summed E-state index contributed by atoms with van der Waals surface area (Å²) in [6.07, 6.45) is 0.656.